The van der Waals surface area contributed by atoms with E-state index in [1.807, 2.05) is 4.98 Å². The van der Waals surface area contributed by atoms with Gasteiger partial charge >= 0.3 is 11.9 Å². The van der Waals surface area contributed by atoms with Gasteiger partial charge in [-0.1, -0.05) is 0 Å². The van der Waals surface area contributed by atoms with E-state index in [0.29, 0.717) is 0 Å². The minimum Gasteiger partial charge on any atom is -0.313 e. The summed E-state index contributed by atoms with van der Waals surface area (Å²) in [6.07, 6.45) is -3.45. The highest BCUT2D eigenvalue weighted by molar-refractivity contribution is 5.56. The fraction of sp³-hybridized carbons (Fsp3) is 0.333. The molecule has 0 unspecified atom stereocenters. The number of hydrogen-bond donors (Lipinski definition) is 3. The van der Waals surface area contributed by atoms with Crippen molar-refractivity contribution in [3.8, 4) is 11.3 Å². The fourth-order valence-electron chi connectivity index (χ4n) is 2.33. The molecule has 2 aromatic rings. The van der Waals surface area contributed by atoms with E-state index in [0.717, 1.165) is 12.3 Å². The van der Waals surface area contributed by atoms with Crippen LogP contribution in [0.4, 0.5) is 13.2 Å². The standard InChI is InChI=1S/C12H9F3N4O3/c13-12(14,15)7-1-4(7)5-2-8(18-19-10(5)21)6-3-16-11(22)17-9(6)20/h2-4,7H,1H2,(H,19,21)(H2,16,17,20,22)/t4-,7+/m1/s1. The van der Waals surface area contributed by atoms with Crippen LogP contribution in [0.5, 0.6) is 0 Å². The van der Waals surface area contributed by atoms with Gasteiger partial charge in [-0.05, 0) is 12.5 Å². The van der Waals surface area contributed by atoms with E-state index >= 15 is 0 Å². The molecule has 1 fully saturated rings. The summed E-state index contributed by atoms with van der Waals surface area (Å²) in [4.78, 5) is 38.5. The van der Waals surface area contributed by atoms with Gasteiger partial charge in [0.05, 0.1) is 17.2 Å². The van der Waals surface area contributed by atoms with Crippen molar-refractivity contribution in [2.45, 2.75) is 18.5 Å². The van der Waals surface area contributed by atoms with E-state index < -0.39 is 34.8 Å². The number of aromatic amines is 3. The van der Waals surface area contributed by atoms with Crippen LogP contribution in [-0.4, -0.2) is 26.3 Å². The van der Waals surface area contributed by atoms with Crippen molar-refractivity contribution < 1.29 is 13.2 Å². The first-order chi connectivity index (χ1) is 10.3. The van der Waals surface area contributed by atoms with Crippen molar-refractivity contribution in [3.63, 3.8) is 0 Å². The molecule has 0 radical (unpaired) electrons. The first kappa shape index (κ1) is 14.3. The van der Waals surface area contributed by atoms with Gasteiger partial charge in [0.2, 0.25) is 0 Å². The minimum atomic E-state index is -4.37. The van der Waals surface area contributed by atoms with Gasteiger partial charge in [0.1, 0.15) is 0 Å². The summed E-state index contributed by atoms with van der Waals surface area (Å²) in [6.45, 7) is 0. The van der Waals surface area contributed by atoms with Gasteiger partial charge in [0.25, 0.3) is 11.1 Å². The molecule has 0 spiro atoms. The van der Waals surface area contributed by atoms with Crippen LogP contribution in [0, 0.1) is 5.92 Å². The minimum absolute atomic E-state index is 0.0140. The SMILES string of the molecule is O=c1[nH]cc(-c2cc([C@H]3C[C@@H]3C(F)(F)F)c(=O)[nH]n2)c(=O)[nH]1. The molecule has 7 nitrogen and oxygen atoms in total. The number of rotatable bonds is 2. The van der Waals surface area contributed by atoms with Crippen molar-refractivity contribution in [2.24, 2.45) is 5.92 Å². The molecule has 0 amide bonds. The second kappa shape index (κ2) is 4.68. The molecule has 1 aliphatic rings. The highest BCUT2D eigenvalue weighted by Crippen LogP contribution is 2.55. The molecule has 2 atom stereocenters. The number of nitrogens with zero attached hydrogens (tertiary/aromatic N) is 1. The van der Waals surface area contributed by atoms with Crippen LogP contribution in [-0.2, 0) is 0 Å². The lowest BCUT2D eigenvalue weighted by atomic mass is 10.1. The van der Waals surface area contributed by atoms with Gasteiger partial charge in [-0.2, -0.15) is 18.3 Å². The molecule has 0 aliphatic heterocycles. The van der Waals surface area contributed by atoms with E-state index in [-0.39, 0.29) is 23.2 Å². The van der Waals surface area contributed by atoms with Crippen LogP contribution >= 0.6 is 0 Å². The molecule has 0 aromatic carbocycles. The van der Waals surface area contributed by atoms with Crippen LogP contribution in [0.25, 0.3) is 11.3 Å². The zero-order valence-electron chi connectivity index (χ0n) is 10.8. The summed E-state index contributed by atoms with van der Waals surface area (Å²) >= 11 is 0. The fourth-order valence-corrected chi connectivity index (χ4v) is 2.33. The molecule has 1 aliphatic carbocycles. The molecule has 0 bridgehead atoms. The Morgan fingerprint density at radius 2 is 1.91 bits per heavy atom. The smallest absolute Gasteiger partial charge is 0.313 e. The molecule has 3 rings (SSSR count). The Morgan fingerprint density at radius 3 is 2.50 bits per heavy atom. The number of nitrogens with one attached hydrogen (secondary N) is 3. The van der Waals surface area contributed by atoms with E-state index in [4.69, 9.17) is 0 Å². The Balaban J connectivity index is 2.03. The van der Waals surface area contributed by atoms with E-state index in [9.17, 15) is 27.6 Å². The monoisotopic (exact) mass is 314 g/mol. The van der Waals surface area contributed by atoms with Crippen LogP contribution in [0.15, 0.2) is 26.6 Å². The van der Waals surface area contributed by atoms with Crippen LogP contribution < -0.4 is 16.8 Å². The second-order valence-corrected chi connectivity index (χ2v) is 5.01. The normalized spacial score (nSPS) is 20.9. The highest BCUT2D eigenvalue weighted by atomic mass is 19.4. The summed E-state index contributed by atoms with van der Waals surface area (Å²) in [7, 11) is 0. The average Bonchev–Trinajstić information content (AvgIpc) is 3.20. The van der Waals surface area contributed by atoms with Crippen molar-refractivity contribution in [2.75, 3.05) is 0 Å². The van der Waals surface area contributed by atoms with Gasteiger partial charge in [-0.15, -0.1) is 0 Å². The predicted molar refractivity (Wildman–Crippen MR) is 68.4 cm³/mol. The van der Waals surface area contributed by atoms with Gasteiger partial charge in [0, 0.05) is 17.7 Å². The lowest BCUT2D eigenvalue weighted by molar-refractivity contribution is -0.148. The van der Waals surface area contributed by atoms with Crippen molar-refractivity contribution in [3.05, 3.63) is 49.0 Å². The quantitative estimate of drug-likeness (QED) is 0.748. The average molecular weight is 314 g/mol. The summed E-state index contributed by atoms with van der Waals surface area (Å²) in [5.41, 5.74) is -2.34. The summed E-state index contributed by atoms with van der Waals surface area (Å²) in [6, 6.07) is 1.15. The topological polar surface area (TPSA) is 111 Å². The lowest BCUT2D eigenvalue weighted by Gasteiger charge is -2.05. The summed E-state index contributed by atoms with van der Waals surface area (Å²) < 4.78 is 37.9. The van der Waals surface area contributed by atoms with Gasteiger partial charge < -0.3 is 4.98 Å². The molecule has 1 saturated carbocycles. The Bertz CT molecular complexity index is 896. The molecule has 2 heterocycles. The third-order valence-electron chi connectivity index (χ3n) is 3.54. The maximum atomic E-state index is 12.6. The van der Waals surface area contributed by atoms with E-state index in [1.165, 1.54) is 0 Å². The number of aromatic nitrogens is 4. The number of hydrogen-bond acceptors (Lipinski definition) is 4. The van der Waals surface area contributed by atoms with Gasteiger partial charge in [0.15, 0.2) is 0 Å². The Hall–Kier alpha value is -2.65. The Morgan fingerprint density at radius 1 is 1.18 bits per heavy atom. The molecular weight excluding hydrogens is 305 g/mol. The molecule has 0 saturated heterocycles. The van der Waals surface area contributed by atoms with Crippen molar-refractivity contribution in [1.29, 1.82) is 0 Å². The number of alkyl halides is 3. The molecular formula is C12H9F3N4O3. The molecule has 10 heteroatoms. The Kier molecular flexibility index (Phi) is 3.04. The summed E-state index contributed by atoms with van der Waals surface area (Å²) in [5.74, 6) is -2.50. The third kappa shape index (κ3) is 2.47. The molecule has 116 valence electrons. The zero-order valence-corrected chi connectivity index (χ0v) is 10.8. The van der Waals surface area contributed by atoms with E-state index in [1.54, 1.807) is 0 Å². The molecule has 22 heavy (non-hydrogen) atoms. The van der Waals surface area contributed by atoms with Gasteiger partial charge in [-0.3, -0.25) is 14.6 Å². The predicted octanol–water partition coefficient (Wildman–Crippen LogP) is 0.479. The third-order valence-corrected chi connectivity index (χ3v) is 3.54. The lowest BCUT2D eigenvalue weighted by Crippen LogP contribution is -2.24. The number of H-pyrrole nitrogens is 3. The maximum Gasteiger partial charge on any atom is 0.392 e. The zero-order chi connectivity index (χ0) is 16.1. The largest absolute Gasteiger partial charge is 0.392 e. The first-order valence-electron chi connectivity index (χ1n) is 6.26. The highest BCUT2D eigenvalue weighted by Gasteiger charge is 2.56. The van der Waals surface area contributed by atoms with E-state index in [2.05, 4.69) is 15.2 Å². The molecule has 3 N–H and O–H groups in total. The summed E-state index contributed by atoms with van der Waals surface area (Å²) in [5, 5.41) is 5.72. The van der Waals surface area contributed by atoms with Crippen LogP contribution in [0.1, 0.15) is 17.9 Å². The maximum absolute atomic E-state index is 12.6. The number of halogens is 3. The van der Waals surface area contributed by atoms with Gasteiger partial charge in [-0.25, -0.2) is 9.89 Å². The molecule has 2 aromatic heterocycles. The van der Waals surface area contributed by atoms with Crippen LogP contribution in [0.3, 0.4) is 0 Å². The van der Waals surface area contributed by atoms with Crippen LogP contribution in [0.2, 0.25) is 0 Å². The van der Waals surface area contributed by atoms with Crippen molar-refractivity contribution in [1.82, 2.24) is 20.2 Å². The first-order valence-corrected chi connectivity index (χ1v) is 6.26. The Labute approximate surface area is 119 Å². The second-order valence-electron chi connectivity index (χ2n) is 5.01. The van der Waals surface area contributed by atoms with Crippen molar-refractivity contribution >= 4 is 0 Å².